The molecule has 0 bridgehead atoms. The average molecular weight is 577 g/mol. The fourth-order valence-electron chi connectivity index (χ4n) is 9.18. The fourth-order valence-corrected chi connectivity index (χ4v) is 9.18. The van der Waals surface area contributed by atoms with Gasteiger partial charge in [0.1, 0.15) is 5.60 Å². The molecule has 42 heavy (non-hydrogen) atoms. The van der Waals surface area contributed by atoms with Crippen molar-refractivity contribution in [2.24, 2.45) is 28.6 Å². The third-order valence-electron chi connectivity index (χ3n) is 11.6. The number of ketones is 2. The van der Waals surface area contributed by atoms with Crippen molar-refractivity contribution in [3.8, 4) is 0 Å². The first-order chi connectivity index (χ1) is 19.9. The molecule has 8 nitrogen and oxygen atoms in total. The molecular weight excluding hydrogens is 532 g/mol. The minimum absolute atomic E-state index is 0.00629. The Morgan fingerprint density at radius 1 is 1.12 bits per heavy atom. The SMILES string of the molecule is CN1CCN(Cc2cccc(C(=O)OCC(=O)[C@@]3(O)CCC4C5CCC6=CC(=O)C=CC6(C)C5C(O)CC43C)c2)CC1. The summed E-state index contributed by atoms with van der Waals surface area (Å²) in [6.07, 6.45) is 7.39. The van der Waals surface area contributed by atoms with E-state index >= 15 is 0 Å². The molecule has 0 radical (unpaired) electrons. The number of rotatable bonds is 6. The van der Waals surface area contributed by atoms with Gasteiger partial charge in [0.2, 0.25) is 5.78 Å². The van der Waals surface area contributed by atoms with Crippen LogP contribution in [0.3, 0.4) is 0 Å². The third kappa shape index (κ3) is 4.80. The molecule has 5 aliphatic rings. The zero-order valence-electron chi connectivity index (χ0n) is 25.1. The van der Waals surface area contributed by atoms with Crippen LogP contribution < -0.4 is 0 Å². The Bertz CT molecular complexity index is 1330. The van der Waals surface area contributed by atoms with Gasteiger partial charge in [-0.3, -0.25) is 14.5 Å². The Kier molecular flexibility index (Phi) is 7.57. The van der Waals surface area contributed by atoms with Gasteiger partial charge in [-0.05, 0) is 80.8 Å². The molecule has 1 aliphatic heterocycles. The van der Waals surface area contributed by atoms with Crippen molar-refractivity contribution in [3.05, 3.63) is 59.2 Å². The summed E-state index contributed by atoms with van der Waals surface area (Å²) in [6, 6.07) is 7.35. The summed E-state index contributed by atoms with van der Waals surface area (Å²) < 4.78 is 5.50. The quantitative estimate of drug-likeness (QED) is 0.498. The molecule has 1 saturated heterocycles. The lowest BCUT2D eigenvalue weighted by Crippen LogP contribution is -2.61. The second-order valence-corrected chi connectivity index (χ2v) is 13.9. The summed E-state index contributed by atoms with van der Waals surface area (Å²) in [5.41, 5.74) is -0.425. The van der Waals surface area contributed by atoms with E-state index in [4.69, 9.17) is 4.74 Å². The van der Waals surface area contributed by atoms with Crippen LogP contribution in [0.25, 0.3) is 0 Å². The first-order valence-corrected chi connectivity index (χ1v) is 15.5. The van der Waals surface area contributed by atoms with Gasteiger partial charge in [0.25, 0.3) is 0 Å². The van der Waals surface area contributed by atoms with Gasteiger partial charge < -0.3 is 19.8 Å². The number of Topliss-reactive ketones (excluding diaryl/α,β-unsaturated/α-hetero) is 1. The Labute approximate surface area is 248 Å². The summed E-state index contributed by atoms with van der Waals surface area (Å²) in [7, 11) is 2.12. The van der Waals surface area contributed by atoms with Crippen molar-refractivity contribution in [2.75, 3.05) is 39.8 Å². The molecule has 3 saturated carbocycles. The van der Waals surface area contributed by atoms with Crippen molar-refractivity contribution in [3.63, 3.8) is 0 Å². The maximum absolute atomic E-state index is 13.6. The third-order valence-corrected chi connectivity index (χ3v) is 11.6. The number of aliphatic hydroxyl groups excluding tert-OH is 1. The topological polar surface area (TPSA) is 107 Å². The number of nitrogens with zero attached hydrogens (tertiary/aromatic N) is 2. The number of ether oxygens (including phenoxy) is 1. The monoisotopic (exact) mass is 576 g/mol. The van der Waals surface area contributed by atoms with Gasteiger partial charge in [-0.1, -0.05) is 37.6 Å². The molecule has 1 heterocycles. The number of aliphatic hydroxyl groups is 2. The lowest BCUT2D eigenvalue weighted by atomic mass is 9.46. The smallest absolute Gasteiger partial charge is 0.338 e. The first kappa shape index (κ1) is 29.4. The van der Waals surface area contributed by atoms with E-state index in [-0.39, 0.29) is 36.4 Å². The molecule has 0 aromatic heterocycles. The maximum Gasteiger partial charge on any atom is 0.338 e. The first-order valence-electron chi connectivity index (χ1n) is 15.5. The van der Waals surface area contributed by atoms with Crippen molar-refractivity contribution < 1.29 is 29.3 Å². The van der Waals surface area contributed by atoms with E-state index in [1.165, 1.54) is 0 Å². The molecule has 8 heteroatoms. The minimum atomic E-state index is -1.68. The predicted octanol–water partition coefficient (Wildman–Crippen LogP) is 3.17. The molecule has 4 aliphatic carbocycles. The molecule has 0 amide bonds. The van der Waals surface area contributed by atoms with Crippen LogP contribution in [0.2, 0.25) is 0 Å². The molecule has 0 spiro atoms. The Morgan fingerprint density at radius 2 is 1.88 bits per heavy atom. The number of piperazine rings is 1. The van der Waals surface area contributed by atoms with Crippen molar-refractivity contribution in [1.82, 2.24) is 9.80 Å². The molecule has 1 aromatic carbocycles. The highest BCUT2D eigenvalue weighted by Crippen LogP contribution is 2.67. The average Bonchev–Trinajstić information content (AvgIpc) is 3.23. The molecule has 7 atom stereocenters. The highest BCUT2D eigenvalue weighted by atomic mass is 16.5. The predicted molar refractivity (Wildman–Crippen MR) is 157 cm³/mol. The Balaban J connectivity index is 1.13. The van der Waals surface area contributed by atoms with E-state index in [1.54, 1.807) is 18.2 Å². The molecule has 6 unspecified atom stereocenters. The van der Waals surface area contributed by atoms with Gasteiger partial charge in [0, 0.05) is 49.5 Å². The number of carbonyl (C=O) groups excluding carboxylic acids is 3. The zero-order chi connectivity index (χ0) is 29.9. The van der Waals surface area contributed by atoms with Crippen molar-refractivity contribution >= 4 is 17.5 Å². The molecule has 2 N–H and O–H groups in total. The van der Waals surface area contributed by atoms with Crippen LogP contribution in [0.15, 0.2) is 48.1 Å². The minimum Gasteiger partial charge on any atom is -0.454 e. The van der Waals surface area contributed by atoms with Crippen LogP contribution in [-0.2, 0) is 20.9 Å². The number of carbonyl (C=O) groups is 3. The molecule has 226 valence electrons. The van der Waals surface area contributed by atoms with Gasteiger partial charge in [0.15, 0.2) is 12.4 Å². The van der Waals surface area contributed by atoms with Gasteiger partial charge in [-0.25, -0.2) is 4.79 Å². The fraction of sp³-hybridized carbons (Fsp3) is 0.618. The standard InChI is InChI=1S/C34H44N2O6/c1-32-11-9-25(37)18-24(32)7-8-26-27-10-12-34(41,33(27,2)19-28(38)30(26)32)29(39)21-42-31(40)23-6-4-5-22(17-23)20-36-15-13-35(3)14-16-36/h4-6,9,11,17-18,26-28,30,38,41H,7-8,10,12-16,19-21H2,1-3H3/t26?,27?,28?,30?,32?,33?,34-/m0/s1. The van der Waals surface area contributed by atoms with Crippen LogP contribution in [-0.4, -0.2) is 89.1 Å². The van der Waals surface area contributed by atoms with E-state index in [2.05, 4.69) is 23.8 Å². The molecular formula is C34H44N2O6. The van der Waals surface area contributed by atoms with Crippen molar-refractivity contribution in [1.29, 1.82) is 0 Å². The van der Waals surface area contributed by atoms with Crippen LogP contribution in [0.1, 0.15) is 61.9 Å². The highest BCUT2D eigenvalue weighted by Gasteiger charge is 2.68. The molecule has 4 fully saturated rings. The highest BCUT2D eigenvalue weighted by molar-refractivity contribution is 6.01. The normalized spacial score (nSPS) is 38.3. The molecule has 1 aromatic rings. The van der Waals surface area contributed by atoms with Crippen LogP contribution in [0.4, 0.5) is 0 Å². The number of fused-ring (bicyclic) bond motifs is 5. The van der Waals surface area contributed by atoms with Crippen LogP contribution >= 0.6 is 0 Å². The van der Waals surface area contributed by atoms with Gasteiger partial charge in [-0.2, -0.15) is 0 Å². The van der Waals surface area contributed by atoms with Crippen molar-refractivity contribution in [2.45, 2.75) is 64.2 Å². The summed E-state index contributed by atoms with van der Waals surface area (Å²) in [6.45, 7) is 8.26. The number of allylic oxidation sites excluding steroid dienone is 4. The summed E-state index contributed by atoms with van der Waals surface area (Å²) in [4.78, 5) is 43.4. The largest absolute Gasteiger partial charge is 0.454 e. The number of hydrogen-bond donors (Lipinski definition) is 2. The lowest BCUT2D eigenvalue weighted by molar-refractivity contribution is -0.178. The van der Waals surface area contributed by atoms with Gasteiger partial charge in [-0.15, -0.1) is 0 Å². The number of likely N-dealkylation sites (N-methyl/N-ethyl adjacent to an activating group) is 1. The lowest BCUT2D eigenvalue weighted by Gasteiger charge is -2.59. The summed E-state index contributed by atoms with van der Waals surface area (Å²) >= 11 is 0. The summed E-state index contributed by atoms with van der Waals surface area (Å²) in [5.74, 6) is -0.987. The van der Waals surface area contributed by atoms with Crippen LogP contribution in [0, 0.1) is 28.6 Å². The van der Waals surface area contributed by atoms with Gasteiger partial charge >= 0.3 is 5.97 Å². The van der Waals surface area contributed by atoms with Gasteiger partial charge in [0.05, 0.1) is 11.7 Å². The second-order valence-electron chi connectivity index (χ2n) is 13.9. The molecule has 6 rings (SSSR count). The number of esters is 1. The summed E-state index contributed by atoms with van der Waals surface area (Å²) in [5, 5.41) is 23.5. The number of benzene rings is 1. The van der Waals surface area contributed by atoms with E-state index in [9.17, 15) is 24.6 Å². The van der Waals surface area contributed by atoms with Crippen LogP contribution in [0.5, 0.6) is 0 Å². The zero-order valence-corrected chi connectivity index (χ0v) is 25.1. The number of hydrogen-bond acceptors (Lipinski definition) is 8. The van der Waals surface area contributed by atoms with E-state index in [0.717, 1.165) is 56.7 Å². The Hall–Kier alpha value is -2.65. The second kappa shape index (κ2) is 10.8. The van der Waals surface area contributed by atoms with E-state index < -0.39 is 40.9 Å². The van der Waals surface area contributed by atoms with E-state index in [1.807, 2.05) is 31.2 Å². The van der Waals surface area contributed by atoms with E-state index in [0.29, 0.717) is 12.0 Å². The Morgan fingerprint density at radius 3 is 2.64 bits per heavy atom. The maximum atomic E-state index is 13.6.